The van der Waals surface area contributed by atoms with Crippen LogP contribution in [0.2, 0.25) is 0 Å². The third-order valence-corrected chi connectivity index (χ3v) is 4.04. The Balaban J connectivity index is 2.79. The number of nitrogens with one attached hydrogen (secondary N) is 1. The first kappa shape index (κ1) is 14.2. The van der Waals surface area contributed by atoms with Crippen molar-refractivity contribution >= 4 is 10.0 Å². The van der Waals surface area contributed by atoms with E-state index in [1.54, 1.807) is 24.3 Å². The van der Waals surface area contributed by atoms with Crippen LogP contribution in [0, 0.1) is 12.3 Å². The first-order chi connectivity index (χ1) is 7.77. The highest BCUT2D eigenvalue weighted by Crippen LogP contribution is 2.14. The van der Waals surface area contributed by atoms with Crippen LogP contribution in [0.15, 0.2) is 29.2 Å². The van der Waals surface area contributed by atoms with E-state index < -0.39 is 10.0 Å². The summed E-state index contributed by atoms with van der Waals surface area (Å²) in [5.74, 6) is 0. The third kappa shape index (κ3) is 4.11. The molecule has 0 fully saturated rings. The van der Waals surface area contributed by atoms with E-state index in [0.29, 0.717) is 13.1 Å². The molecule has 0 saturated carbocycles. The fraction of sp³-hybridized carbons (Fsp3) is 0.500. The molecular weight excluding hydrogens is 236 g/mol. The molecule has 0 saturated heterocycles. The van der Waals surface area contributed by atoms with Crippen molar-refractivity contribution in [3.05, 3.63) is 29.8 Å². The van der Waals surface area contributed by atoms with Gasteiger partial charge in [0.2, 0.25) is 10.0 Å². The number of sulfonamides is 1. The van der Waals surface area contributed by atoms with Gasteiger partial charge < -0.3 is 5.73 Å². The molecular formula is C12H20N2O2S. The van der Waals surface area contributed by atoms with Crippen molar-refractivity contribution in [2.75, 3.05) is 13.1 Å². The lowest BCUT2D eigenvalue weighted by atomic mass is 9.95. The maximum atomic E-state index is 12.0. The molecule has 0 bridgehead atoms. The van der Waals surface area contributed by atoms with Crippen molar-refractivity contribution in [2.24, 2.45) is 11.1 Å². The average molecular weight is 256 g/mol. The molecule has 0 aliphatic heterocycles. The number of hydrogen-bond acceptors (Lipinski definition) is 3. The van der Waals surface area contributed by atoms with Crippen LogP contribution in [-0.4, -0.2) is 21.5 Å². The van der Waals surface area contributed by atoms with Gasteiger partial charge >= 0.3 is 0 Å². The van der Waals surface area contributed by atoms with Crippen LogP contribution >= 0.6 is 0 Å². The van der Waals surface area contributed by atoms with Gasteiger partial charge in [-0.3, -0.25) is 0 Å². The molecule has 0 unspecified atom stereocenters. The Labute approximate surface area is 103 Å². The largest absolute Gasteiger partial charge is 0.330 e. The highest BCUT2D eigenvalue weighted by atomic mass is 32.2. The van der Waals surface area contributed by atoms with Crippen LogP contribution in [0.1, 0.15) is 19.4 Å². The summed E-state index contributed by atoms with van der Waals surface area (Å²) in [7, 11) is -3.43. The highest BCUT2D eigenvalue weighted by molar-refractivity contribution is 7.89. The molecule has 0 spiro atoms. The van der Waals surface area contributed by atoms with Crippen LogP contribution in [0.3, 0.4) is 0 Å². The quantitative estimate of drug-likeness (QED) is 0.833. The summed E-state index contributed by atoms with van der Waals surface area (Å²) in [6, 6.07) is 6.77. The standard InChI is InChI=1S/C12H20N2O2S/c1-10-4-6-11(7-5-10)17(15,16)14-9-12(2,3)8-13/h4-7,14H,8-9,13H2,1-3H3. The molecule has 3 N–H and O–H groups in total. The number of rotatable bonds is 5. The molecule has 0 amide bonds. The normalized spacial score (nSPS) is 12.7. The predicted octanol–water partition coefficient (Wildman–Crippen LogP) is 1.26. The van der Waals surface area contributed by atoms with Gasteiger partial charge in [0.05, 0.1) is 4.90 Å². The number of nitrogens with two attached hydrogens (primary N) is 1. The fourth-order valence-electron chi connectivity index (χ4n) is 1.16. The minimum Gasteiger partial charge on any atom is -0.330 e. The Bertz CT molecular complexity index is 464. The monoisotopic (exact) mass is 256 g/mol. The van der Waals surface area contributed by atoms with E-state index in [2.05, 4.69) is 4.72 Å². The van der Waals surface area contributed by atoms with E-state index in [0.717, 1.165) is 5.56 Å². The highest BCUT2D eigenvalue weighted by Gasteiger charge is 2.20. The average Bonchev–Trinajstić information content (AvgIpc) is 2.27. The van der Waals surface area contributed by atoms with Gasteiger partial charge in [0.1, 0.15) is 0 Å². The molecule has 1 aromatic carbocycles. The Morgan fingerprint density at radius 1 is 1.24 bits per heavy atom. The van der Waals surface area contributed by atoms with Crippen LogP contribution in [0.25, 0.3) is 0 Å². The minimum absolute atomic E-state index is 0.238. The van der Waals surface area contributed by atoms with Gasteiger partial charge in [0.15, 0.2) is 0 Å². The second-order valence-electron chi connectivity index (χ2n) is 5.01. The molecule has 0 atom stereocenters. The molecule has 96 valence electrons. The Kier molecular flexibility index (Phi) is 4.30. The van der Waals surface area contributed by atoms with E-state index in [9.17, 15) is 8.42 Å². The van der Waals surface area contributed by atoms with Crippen LogP contribution in [0.5, 0.6) is 0 Å². The molecule has 0 radical (unpaired) electrons. The van der Waals surface area contributed by atoms with Crippen molar-refractivity contribution in [1.82, 2.24) is 4.72 Å². The molecule has 1 rings (SSSR count). The summed E-state index contributed by atoms with van der Waals surface area (Å²) >= 11 is 0. The van der Waals surface area contributed by atoms with Gasteiger partial charge in [-0.05, 0) is 31.0 Å². The molecule has 17 heavy (non-hydrogen) atoms. The summed E-state index contributed by atoms with van der Waals surface area (Å²) in [5.41, 5.74) is 6.35. The van der Waals surface area contributed by atoms with Crippen LogP contribution < -0.4 is 10.5 Å². The summed E-state index contributed by atoms with van der Waals surface area (Å²) in [6.45, 7) is 6.53. The Morgan fingerprint density at radius 2 is 1.76 bits per heavy atom. The molecule has 0 aliphatic rings. The smallest absolute Gasteiger partial charge is 0.240 e. The van der Waals surface area contributed by atoms with Crippen molar-refractivity contribution in [3.8, 4) is 0 Å². The number of hydrogen-bond donors (Lipinski definition) is 2. The van der Waals surface area contributed by atoms with E-state index in [-0.39, 0.29) is 10.3 Å². The zero-order valence-corrected chi connectivity index (χ0v) is 11.3. The molecule has 0 aromatic heterocycles. The van der Waals surface area contributed by atoms with Gasteiger partial charge in [-0.2, -0.15) is 0 Å². The van der Waals surface area contributed by atoms with Crippen molar-refractivity contribution in [3.63, 3.8) is 0 Å². The van der Waals surface area contributed by atoms with Crippen LogP contribution in [0.4, 0.5) is 0 Å². The van der Waals surface area contributed by atoms with Gasteiger partial charge in [-0.1, -0.05) is 31.5 Å². The SMILES string of the molecule is Cc1ccc(S(=O)(=O)NCC(C)(C)CN)cc1. The predicted molar refractivity (Wildman–Crippen MR) is 69.2 cm³/mol. The van der Waals surface area contributed by atoms with Gasteiger partial charge in [0.25, 0.3) is 0 Å². The van der Waals surface area contributed by atoms with E-state index >= 15 is 0 Å². The van der Waals surface area contributed by atoms with Gasteiger partial charge in [0, 0.05) is 6.54 Å². The lowest BCUT2D eigenvalue weighted by Gasteiger charge is -2.22. The van der Waals surface area contributed by atoms with E-state index in [4.69, 9.17) is 5.73 Å². The topological polar surface area (TPSA) is 72.2 Å². The van der Waals surface area contributed by atoms with E-state index in [1.807, 2.05) is 20.8 Å². The molecule has 0 heterocycles. The first-order valence-electron chi connectivity index (χ1n) is 5.53. The zero-order chi connectivity index (χ0) is 13.1. The maximum Gasteiger partial charge on any atom is 0.240 e. The third-order valence-electron chi connectivity index (χ3n) is 2.62. The number of aryl methyl sites for hydroxylation is 1. The Morgan fingerprint density at radius 3 is 2.24 bits per heavy atom. The van der Waals surface area contributed by atoms with Crippen molar-refractivity contribution in [2.45, 2.75) is 25.7 Å². The first-order valence-corrected chi connectivity index (χ1v) is 7.02. The summed E-state index contributed by atoms with van der Waals surface area (Å²) in [4.78, 5) is 0.288. The lowest BCUT2D eigenvalue weighted by Crippen LogP contribution is -2.38. The second-order valence-corrected chi connectivity index (χ2v) is 6.77. The second kappa shape index (κ2) is 5.16. The van der Waals surface area contributed by atoms with Crippen molar-refractivity contribution in [1.29, 1.82) is 0 Å². The fourth-order valence-corrected chi connectivity index (χ4v) is 2.41. The molecule has 4 nitrogen and oxygen atoms in total. The summed E-state index contributed by atoms with van der Waals surface area (Å²) in [6.07, 6.45) is 0. The molecule has 5 heteroatoms. The zero-order valence-electron chi connectivity index (χ0n) is 10.5. The number of benzene rings is 1. The molecule has 1 aromatic rings. The summed E-state index contributed by atoms with van der Waals surface area (Å²) < 4.78 is 26.5. The van der Waals surface area contributed by atoms with Gasteiger partial charge in [-0.25, -0.2) is 13.1 Å². The summed E-state index contributed by atoms with van der Waals surface area (Å²) in [5, 5.41) is 0. The maximum absolute atomic E-state index is 12.0. The molecule has 0 aliphatic carbocycles. The minimum atomic E-state index is -3.43. The van der Waals surface area contributed by atoms with E-state index in [1.165, 1.54) is 0 Å². The van der Waals surface area contributed by atoms with Crippen LogP contribution in [-0.2, 0) is 10.0 Å². The lowest BCUT2D eigenvalue weighted by molar-refractivity contribution is 0.376. The van der Waals surface area contributed by atoms with Gasteiger partial charge in [-0.15, -0.1) is 0 Å². The van der Waals surface area contributed by atoms with Crippen molar-refractivity contribution < 1.29 is 8.42 Å². The Hall–Kier alpha value is -0.910.